The minimum Gasteiger partial charge on any atom is -0.443 e. The van der Waals surface area contributed by atoms with Gasteiger partial charge in [0.2, 0.25) is 0 Å². The molecule has 0 bridgehead atoms. The maximum atomic E-state index is 13.4. The molecule has 10 heteroatoms. The predicted octanol–water partition coefficient (Wildman–Crippen LogP) is 3.30. The van der Waals surface area contributed by atoms with E-state index in [0.717, 1.165) is 0 Å². The third-order valence-corrected chi connectivity index (χ3v) is 6.64. The van der Waals surface area contributed by atoms with Crippen LogP contribution in [-0.2, 0) is 14.2 Å². The van der Waals surface area contributed by atoms with Crippen molar-refractivity contribution in [1.29, 1.82) is 0 Å². The molecule has 5 rings (SSSR count). The summed E-state index contributed by atoms with van der Waals surface area (Å²) in [6.45, 7) is 9.61. The molecule has 1 aromatic carbocycles. The molecule has 37 heavy (non-hydrogen) atoms. The number of nitrogens with zero attached hydrogens (tertiary/aromatic N) is 3. The molecule has 3 aliphatic heterocycles. The molecular formula is C27H33N3O7. The lowest BCUT2D eigenvalue weighted by atomic mass is 9.97. The van der Waals surface area contributed by atoms with Gasteiger partial charge in [-0.1, -0.05) is 6.08 Å². The molecule has 0 radical (unpaired) electrons. The normalized spacial score (nSPS) is 20.5. The van der Waals surface area contributed by atoms with E-state index in [4.69, 9.17) is 18.6 Å². The number of carbonyl (C=O) groups excluding carboxylic acids is 2. The highest BCUT2D eigenvalue weighted by molar-refractivity contribution is 5.99. The number of ether oxygens (including phenoxy) is 3. The van der Waals surface area contributed by atoms with Crippen LogP contribution in [0.5, 0.6) is 0 Å². The van der Waals surface area contributed by atoms with E-state index in [1.54, 1.807) is 23.2 Å². The number of benzene rings is 1. The lowest BCUT2D eigenvalue weighted by molar-refractivity contribution is 0.0287. The maximum absolute atomic E-state index is 13.4. The Labute approximate surface area is 215 Å². The highest BCUT2D eigenvalue weighted by atomic mass is 16.6. The number of carbonyl (C=O) groups is 2. The molecule has 4 heterocycles. The number of fused-ring (bicyclic) bond motifs is 1. The molecule has 2 saturated heterocycles. The molecule has 1 aromatic heterocycles. The minimum absolute atomic E-state index is 0.183. The van der Waals surface area contributed by atoms with E-state index < -0.39 is 17.7 Å². The van der Waals surface area contributed by atoms with E-state index >= 15 is 0 Å². The van der Waals surface area contributed by atoms with Gasteiger partial charge in [-0.25, -0.2) is 4.79 Å². The van der Waals surface area contributed by atoms with Gasteiger partial charge in [0.25, 0.3) is 5.91 Å². The van der Waals surface area contributed by atoms with E-state index in [1.165, 1.54) is 11.0 Å². The van der Waals surface area contributed by atoms with Crippen molar-refractivity contribution in [2.75, 3.05) is 57.5 Å². The smallest absolute Gasteiger partial charge is 0.414 e. The van der Waals surface area contributed by atoms with Gasteiger partial charge in [0.1, 0.15) is 11.2 Å². The summed E-state index contributed by atoms with van der Waals surface area (Å²) < 4.78 is 22.8. The van der Waals surface area contributed by atoms with E-state index in [2.05, 4.69) is 0 Å². The molecule has 2 aromatic rings. The quantitative estimate of drug-likeness (QED) is 0.619. The Morgan fingerprint density at radius 3 is 2.32 bits per heavy atom. The second-order valence-corrected chi connectivity index (χ2v) is 10.4. The maximum Gasteiger partial charge on any atom is 0.414 e. The van der Waals surface area contributed by atoms with Crippen molar-refractivity contribution in [2.24, 2.45) is 0 Å². The molecule has 0 saturated carbocycles. The second-order valence-electron chi connectivity index (χ2n) is 10.4. The summed E-state index contributed by atoms with van der Waals surface area (Å²) in [6, 6.07) is 4.34. The molecule has 0 spiro atoms. The number of anilines is 1. The Bertz CT molecular complexity index is 1270. The molecule has 0 N–H and O–H groups in total. The lowest BCUT2D eigenvalue weighted by Gasteiger charge is -2.30. The van der Waals surface area contributed by atoms with Crippen molar-refractivity contribution in [2.45, 2.75) is 38.8 Å². The van der Waals surface area contributed by atoms with Crippen molar-refractivity contribution in [3.05, 3.63) is 51.8 Å². The molecule has 2 amide bonds. The van der Waals surface area contributed by atoms with Gasteiger partial charge in [0.15, 0.2) is 11.3 Å². The zero-order chi connectivity index (χ0) is 26.2. The van der Waals surface area contributed by atoms with Gasteiger partial charge in [-0.05, 0) is 39.3 Å². The third-order valence-electron chi connectivity index (χ3n) is 6.64. The average molecular weight is 512 g/mol. The number of hydrogen-bond donors (Lipinski definition) is 0. The summed E-state index contributed by atoms with van der Waals surface area (Å²) in [6.07, 6.45) is 3.55. The summed E-state index contributed by atoms with van der Waals surface area (Å²) in [4.78, 5) is 45.1. The van der Waals surface area contributed by atoms with Gasteiger partial charge in [0.05, 0.1) is 37.9 Å². The fraction of sp³-hybridized carbons (Fsp3) is 0.519. The van der Waals surface area contributed by atoms with Crippen LogP contribution in [-0.4, -0.2) is 80.0 Å². The molecular weight excluding hydrogens is 478 g/mol. The first-order valence-electron chi connectivity index (χ1n) is 12.7. The van der Waals surface area contributed by atoms with Crippen molar-refractivity contribution < 1.29 is 28.2 Å². The molecule has 198 valence electrons. The monoisotopic (exact) mass is 511 g/mol. The number of morpholine rings is 2. The van der Waals surface area contributed by atoms with Crippen LogP contribution in [0.25, 0.3) is 11.0 Å². The van der Waals surface area contributed by atoms with Crippen LogP contribution in [0.1, 0.15) is 49.2 Å². The van der Waals surface area contributed by atoms with Gasteiger partial charge in [-0.15, -0.1) is 0 Å². The SMILES string of the molecule is CC(C)(C)OC(=O)N1C=CC[C@@H]1c1cc(C(=O)N2CCOCC2)cc2c(=O)cc(N3CCOCC3)oc12. The average Bonchev–Trinajstić information content (AvgIpc) is 3.38. The Morgan fingerprint density at radius 1 is 0.973 bits per heavy atom. The molecule has 0 aliphatic carbocycles. The van der Waals surface area contributed by atoms with Gasteiger partial charge in [-0.3, -0.25) is 14.5 Å². The summed E-state index contributed by atoms with van der Waals surface area (Å²) in [7, 11) is 0. The summed E-state index contributed by atoms with van der Waals surface area (Å²) in [5, 5.41) is 0.308. The lowest BCUT2D eigenvalue weighted by Crippen LogP contribution is -2.40. The van der Waals surface area contributed by atoms with Crippen molar-refractivity contribution in [3.63, 3.8) is 0 Å². The van der Waals surface area contributed by atoms with Crippen LogP contribution >= 0.6 is 0 Å². The van der Waals surface area contributed by atoms with Crippen LogP contribution < -0.4 is 10.3 Å². The van der Waals surface area contributed by atoms with Crippen LogP contribution in [0.4, 0.5) is 10.7 Å². The highest BCUT2D eigenvalue weighted by Gasteiger charge is 2.34. The first kappa shape index (κ1) is 25.3. The van der Waals surface area contributed by atoms with E-state index in [-0.39, 0.29) is 11.3 Å². The van der Waals surface area contributed by atoms with E-state index in [0.29, 0.717) is 87.0 Å². The minimum atomic E-state index is -0.676. The molecule has 3 aliphatic rings. The zero-order valence-corrected chi connectivity index (χ0v) is 21.5. The topological polar surface area (TPSA) is 102 Å². The number of rotatable bonds is 3. The Hall–Kier alpha value is -3.37. The summed E-state index contributed by atoms with van der Waals surface area (Å²) in [5.41, 5.74) is 0.430. The molecule has 10 nitrogen and oxygen atoms in total. The summed E-state index contributed by atoms with van der Waals surface area (Å²) in [5.74, 6) is 0.266. The number of hydrogen-bond acceptors (Lipinski definition) is 8. The van der Waals surface area contributed by atoms with Crippen molar-refractivity contribution >= 4 is 28.9 Å². The number of amides is 2. The first-order chi connectivity index (χ1) is 17.7. The van der Waals surface area contributed by atoms with Crippen LogP contribution in [0.3, 0.4) is 0 Å². The second kappa shape index (κ2) is 10.2. The van der Waals surface area contributed by atoms with Gasteiger partial charge >= 0.3 is 6.09 Å². The van der Waals surface area contributed by atoms with Crippen LogP contribution in [0.2, 0.25) is 0 Å². The molecule has 1 atom stereocenters. The summed E-state index contributed by atoms with van der Waals surface area (Å²) >= 11 is 0. The molecule has 0 unspecified atom stereocenters. The predicted molar refractivity (Wildman–Crippen MR) is 137 cm³/mol. The van der Waals surface area contributed by atoms with Crippen molar-refractivity contribution in [1.82, 2.24) is 9.80 Å². The largest absolute Gasteiger partial charge is 0.443 e. The van der Waals surface area contributed by atoms with Crippen molar-refractivity contribution in [3.8, 4) is 0 Å². The Balaban J connectivity index is 1.61. The van der Waals surface area contributed by atoms with E-state index in [1.807, 2.05) is 31.7 Å². The zero-order valence-electron chi connectivity index (χ0n) is 21.5. The van der Waals surface area contributed by atoms with Crippen LogP contribution in [0, 0.1) is 0 Å². The van der Waals surface area contributed by atoms with Crippen LogP contribution in [0.15, 0.2) is 39.7 Å². The fourth-order valence-corrected chi connectivity index (χ4v) is 4.83. The Morgan fingerprint density at radius 2 is 1.65 bits per heavy atom. The van der Waals surface area contributed by atoms with Gasteiger partial charge in [-0.2, -0.15) is 0 Å². The Kier molecular flexibility index (Phi) is 6.96. The standard InChI is InChI=1S/C27H33N3O7/c1-27(2,3)37-26(33)30-6-4-5-21(30)19-15-18(25(32)29-9-13-35-14-10-29)16-20-22(31)17-23(36-24(19)20)28-7-11-34-12-8-28/h4,6,15-17,21H,5,7-14H2,1-3H3/t21-/m1/s1. The third kappa shape index (κ3) is 5.35. The van der Waals surface area contributed by atoms with E-state index in [9.17, 15) is 14.4 Å². The first-order valence-corrected chi connectivity index (χ1v) is 12.7. The highest BCUT2D eigenvalue weighted by Crippen LogP contribution is 2.37. The molecule has 2 fully saturated rings. The van der Waals surface area contributed by atoms with Gasteiger partial charge < -0.3 is 28.4 Å². The fourth-order valence-electron chi connectivity index (χ4n) is 4.83. The van der Waals surface area contributed by atoms with Gasteiger partial charge in [0, 0.05) is 49.6 Å².